The first kappa shape index (κ1) is 18.3. The summed E-state index contributed by atoms with van der Waals surface area (Å²) in [4.78, 5) is 22.1. The third-order valence-corrected chi connectivity index (χ3v) is 3.38. The van der Waals surface area contributed by atoms with Crippen LogP contribution in [-0.2, 0) is 4.79 Å². The quantitative estimate of drug-likeness (QED) is 0.348. The lowest BCUT2D eigenvalue weighted by molar-refractivity contribution is -0.384. The summed E-state index contributed by atoms with van der Waals surface area (Å²) in [5.74, 6) is -0.669. The number of hydrogen-bond donors (Lipinski definition) is 2. The molecule has 126 valence electrons. The minimum Gasteiger partial charge on any atom is -0.360 e. The Hall–Kier alpha value is -3.08. The molecule has 0 aliphatic heterocycles. The van der Waals surface area contributed by atoms with Gasteiger partial charge in [0.15, 0.2) is 0 Å². The van der Waals surface area contributed by atoms with Crippen molar-refractivity contribution in [2.75, 3.05) is 10.6 Å². The summed E-state index contributed by atoms with van der Waals surface area (Å²) in [6, 6.07) is 11.7. The fourth-order valence-corrected chi connectivity index (χ4v) is 2.33. The van der Waals surface area contributed by atoms with Crippen molar-refractivity contribution in [3.63, 3.8) is 0 Å². The zero-order chi connectivity index (χ0) is 18.4. The minimum absolute atomic E-state index is 0.103. The number of carbonyl (C=O) groups is 1. The van der Waals surface area contributed by atoms with E-state index in [1.807, 2.05) is 0 Å². The highest BCUT2D eigenvalue weighted by molar-refractivity contribution is 6.35. The molecule has 0 saturated heterocycles. The highest BCUT2D eigenvalue weighted by atomic mass is 35.5. The summed E-state index contributed by atoms with van der Waals surface area (Å²) in [5, 5.41) is 25.8. The van der Waals surface area contributed by atoms with Gasteiger partial charge in [0.05, 0.1) is 4.92 Å². The van der Waals surface area contributed by atoms with E-state index in [0.29, 0.717) is 21.4 Å². The van der Waals surface area contributed by atoms with E-state index in [2.05, 4.69) is 10.6 Å². The van der Waals surface area contributed by atoms with Crippen molar-refractivity contribution in [3.8, 4) is 6.07 Å². The Bertz CT molecular complexity index is 869. The molecule has 2 rings (SSSR count). The van der Waals surface area contributed by atoms with Crippen LogP contribution in [0.3, 0.4) is 0 Å². The second-order valence-corrected chi connectivity index (χ2v) is 5.60. The average molecular weight is 377 g/mol. The van der Waals surface area contributed by atoms with Gasteiger partial charge < -0.3 is 10.6 Å². The van der Waals surface area contributed by atoms with Crippen LogP contribution in [0, 0.1) is 21.4 Å². The van der Waals surface area contributed by atoms with Crippen LogP contribution < -0.4 is 10.6 Å². The fraction of sp³-hybridized carbons (Fsp3) is 0. The van der Waals surface area contributed by atoms with Gasteiger partial charge in [0.25, 0.3) is 11.6 Å². The van der Waals surface area contributed by atoms with Crippen LogP contribution in [0.4, 0.5) is 17.1 Å². The van der Waals surface area contributed by atoms with Gasteiger partial charge in [-0.1, -0.05) is 23.2 Å². The molecule has 0 unspecified atom stereocenters. The summed E-state index contributed by atoms with van der Waals surface area (Å²) in [6.45, 7) is 0. The Morgan fingerprint density at radius 1 is 1.12 bits per heavy atom. The number of nitriles is 1. The second-order valence-electron chi connectivity index (χ2n) is 4.73. The Balaban J connectivity index is 2.09. The van der Waals surface area contributed by atoms with Crippen molar-refractivity contribution in [2.24, 2.45) is 0 Å². The maximum Gasteiger partial charge on any atom is 0.269 e. The summed E-state index contributed by atoms with van der Waals surface area (Å²) in [5.41, 5.74) is 0.527. The first-order chi connectivity index (χ1) is 11.9. The fourth-order valence-electron chi connectivity index (χ4n) is 1.81. The number of halogens is 2. The molecule has 0 aliphatic carbocycles. The molecule has 7 nitrogen and oxygen atoms in total. The first-order valence-electron chi connectivity index (χ1n) is 6.78. The molecular formula is C16H10Cl2N4O3. The third kappa shape index (κ3) is 5.21. The van der Waals surface area contributed by atoms with Gasteiger partial charge in [0, 0.05) is 39.8 Å². The number of benzene rings is 2. The zero-order valence-corrected chi connectivity index (χ0v) is 14.0. The molecule has 0 saturated carbocycles. The summed E-state index contributed by atoms with van der Waals surface area (Å²) in [7, 11) is 0. The van der Waals surface area contributed by atoms with E-state index in [1.165, 1.54) is 30.5 Å². The number of amides is 1. The second kappa shape index (κ2) is 8.15. The van der Waals surface area contributed by atoms with Crippen LogP contribution in [-0.4, -0.2) is 10.8 Å². The molecule has 0 heterocycles. The van der Waals surface area contributed by atoms with Crippen LogP contribution in [0.2, 0.25) is 10.0 Å². The van der Waals surface area contributed by atoms with Gasteiger partial charge in [-0.15, -0.1) is 0 Å². The third-order valence-electron chi connectivity index (χ3n) is 2.95. The number of nitrogens with zero attached hydrogens (tertiary/aromatic N) is 2. The molecule has 2 aromatic rings. The van der Waals surface area contributed by atoms with Gasteiger partial charge in [0.2, 0.25) is 0 Å². The van der Waals surface area contributed by atoms with Crippen LogP contribution in [0.25, 0.3) is 0 Å². The number of hydrogen-bond acceptors (Lipinski definition) is 5. The molecule has 0 bridgehead atoms. The van der Waals surface area contributed by atoms with Crippen LogP contribution in [0.15, 0.2) is 54.2 Å². The normalized spacial score (nSPS) is 10.7. The Kier molecular flexibility index (Phi) is 5.95. The monoisotopic (exact) mass is 376 g/mol. The molecule has 0 fully saturated rings. The Morgan fingerprint density at radius 3 is 2.24 bits per heavy atom. The molecular weight excluding hydrogens is 367 g/mol. The van der Waals surface area contributed by atoms with E-state index in [0.717, 1.165) is 0 Å². The van der Waals surface area contributed by atoms with Gasteiger partial charge in [0.1, 0.15) is 11.6 Å². The van der Waals surface area contributed by atoms with Crippen molar-refractivity contribution >= 4 is 46.2 Å². The van der Waals surface area contributed by atoms with Crippen molar-refractivity contribution in [1.82, 2.24) is 0 Å². The number of nitro benzene ring substituents is 1. The van der Waals surface area contributed by atoms with Crippen molar-refractivity contribution in [3.05, 3.63) is 74.4 Å². The van der Waals surface area contributed by atoms with Crippen molar-refractivity contribution < 1.29 is 9.72 Å². The van der Waals surface area contributed by atoms with Gasteiger partial charge >= 0.3 is 0 Å². The van der Waals surface area contributed by atoms with Crippen molar-refractivity contribution in [1.29, 1.82) is 5.26 Å². The highest BCUT2D eigenvalue weighted by Crippen LogP contribution is 2.22. The van der Waals surface area contributed by atoms with E-state index < -0.39 is 10.8 Å². The lowest BCUT2D eigenvalue weighted by atomic mass is 10.2. The molecule has 1 amide bonds. The number of non-ortho nitro benzene ring substituents is 1. The molecule has 0 atom stereocenters. The smallest absolute Gasteiger partial charge is 0.269 e. The van der Waals surface area contributed by atoms with Crippen LogP contribution in [0.5, 0.6) is 0 Å². The number of nitrogens with one attached hydrogen (secondary N) is 2. The minimum atomic E-state index is -0.669. The summed E-state index contributed by atoms with van der Waals surface area (Å²) >= 11 is 11.7. The summed E-state index contributed by atoms with van der Waals surface area (Å²) in [6.07, 6.45) is 1.21. The molecule has 0 radical (unpaired) electrons. The predicted molar refractivity (Wildman–Crippen MR) is 95.5 cm³/mol. The first-order valence-corrected chi connectivity index (χ1v) is 7.53. The number of carbonyl (C=O) groups excluding carboxylic acids is 1. The standard InChI is InChI=1S/C16H10Cl2N4O3/c17-11-5-12(18)7-14(6-11)20-9-10(8-19)16(23)21-13-1-3-15(4-2-13)22(24)25/h1-7,9,20H,(H,21,23)/b10-9-. The Morgan fingerprint density at radius 2 is 1.72 bits per heavy atom. The van der Waals surface area contributed by atoms with Gasteiger partial charge in [-0.25, -0.2) is 0 Å². The SMILES string of the molecule is N#C/C(=C/Nc1cc(Cl)cc(Cl)c1)C(=O)Nc1ccc([N+](=O)[O-])cc1. The Labute approximate surface area is 152 Å². The van der Waals surface area contributed by atoms with E-state index in [9.17, 15) is 14.9 Å². The predicted octanol–water partition coefficient (Wildman–Crippen LogP) is 4.36. The molecule has 2 aromatic carbocycles. The molecule has 0 aromatic heterocycles. The molecule has 9 heteroatoms. The molecule has 0 spiro atoms. The lowest BCUT2D eigenvalue weighted by Crippen LogP contribution is -2.14. The molecule has 25 heavy (non-hydrogen) atoms. The van der Waals surface area contributed by atoms with E-state index in [1.54, 1.807) is 24.3 Å². The van der Waals surface area contributed by atoms with Crippen LogP contribution >= 0.6 is 23.2 Å². The van der Waals surface area contributed by atoms with E-state index >= 15 is 0 Å². The van der Waals surface area contributed by atoms with Gasteiger partial charge in [-0.05, 0) is 30.3 Å². The van der Waals surface area contributed by atoms with Gasteiger partial charge in [-0.2, -0.15) is 5.26 Å². The number of rotatable bonds is 5. The largest absolute Gasteiger partial charge is 0.360 e. The van der Waals surface area contributed by atoms with Crippen LogP contribution in [0.1, 0.15) is 0 Å². The maximum atomic E-state index is 12.1. The maximum absolute atomic E-state index is 12.1. The van der Waals surface area contributed by atoms with Gasteiger partial charge in [-0.3, -0.25) is 14.9 Å². The molecule has 0 aliphatic rings. The summed E-state index contributed by atoms with van der Waals surface area (Å²) < 4.78 is 0. The topological polar surface area (TPSA) is 108 Å². The van der Waals surface area contributed by atoms with Crippen molar-refractivity contribution in [2.45, 2.75) is 0 Å². The molecule has 2 N–H and O–H groups in total. The van der Waals surface area contributed by atoms with E-state index in [-0.39, 0.29) is 11.3 Å². The zero-order valence-electron chi connectivity index (χ0n) is 12.5. The lowest BCUT2D eigenvalue weighted by Gasteiger charge is -2.06. The number of nitro groups is 1. The highest BCUT2D eigenvalue weighted by Gasteiger charge is 2.11. The van der Waals surface area contributed by atoms with E-state index in [4.69, 9.17) is 28.5 Å². The average Bonchev–Trinajstić information content (AvgIpc) is 2.55. The number of anilines is 2.